The molecule has 1 aromatic heterocycles. The number of nitrogens with one attached hydrogen (secondary N) is 2. The van der Waals surface area contributed by atoms with Gasteiger partial charge in [0.05, 0.1) is 18.8 Å². The van der Waals surface area contributed by atoms with Crippen molar-refractivity contribution in [1.82, 2.24) is 15.1 Å². The highest BCUT2D eigenvalue weighted by Gasteiger charge is 2.12. The molecule has 6 nitrogen and oxygen atoms in total. The Kier molecular flexibility index (Phi) is 6.39. The van der Waals surface area contributed by atoms with Gasteiger partial charge in [-0.1, -0.05) is 22.0 Å². The highest BCUT2D eigenvalue weighted by molar-refractivity contribution is 9.10. The molecule has 2 amide bonds. The lowest BCUT2D eigenvalue weighted by atomic mass is 10.2. The maximum atomic E-state index is 12.1. The fourth-order valence-electron chi connectivity index (χ4n) is 2.40. The van der Waals surface area contributed by atoms with Crippen molar-refractivity contribution < 1.29 is 9.53 Å². The molecule has 0 fully saturated rings. The van der Waals surface area contributed by atoms with E-state index in [1.54, 1.807) is 7.11 Å². The molecule has 7 heteroatoms. The van der Waals surface area contributed by atoms with Crippen molar-refractivity contribution in [3.63, 3.8) is 0 Å². The number of hydrogen-bond acceptors (Lipinski definition) is 3. The molecule has 0 aliphatic carbocycles. The number of rotatable bonds is 6. The summed E-state index contributed by atoms with van der Waals surface area (Å²) in [4.78, 5) is 12.1. The van der Waals surface area contributed by atoms with Crippen LogP contribution in [0.5, 0.6) is 0 Å². The molecule has 1 heterocycles. The van der Waals surface area contributed by atoms with E-state index < -0.39 is 0 Å². The third kappa shape index (κ3) is 4.58. The molecule has 2 rings (SSSR count). The first-order valence-corrected chi connectivity index (χ1v) is 8.54. The summed E-state index contributed by atoms with van der Waals surface area (Å²) in [5.74, 6) is 0. The molecule has 2 N–H and O–H groups in total. The lowest BCUT2D eigenvalue weighted by Gasteiger charge is -2.09. The van der Waals surface area contributed by atoms with E-state index in [0.717, 1.165) is 32.7 Å². The predicted molar refractivity (Wildman–Crippen MR) is 98.3 cm³/mol. The van der Waals surface area contributed by atoms with Crippen LogP contribution in [0, 0.1) is 20.8 Å². The van der Waals surface area contributed by atoms with E-state index in [0.29, 0.717) is 19.7 Å². The van der Waals surface area contributed by atoms with Gasteiger partial charge < -0.3 is 15.4 Å². The summed E-state index contributed by atoms with van der Waals surface area (Å²) in [5.41, 5.74) is 4.86. The van der Waals surface area contributed by atoms with Gasteiger partial charge in [-0.15, -0.1) is 0 Å². The first kappa shape index (κ1) is 18.5. The average Bonchev–Trinajstić information content (AvgIpc) is 2.81. The SMILES string of the molecule is COCCn1nc(C)c(CNC(=O)Nc2ccc(C)c(Br)c2)c1C. The van der Waals surface area contributed by atoms with Crippen LogP contribution in [0.3, 0.4) is 0 Å². The van der Waals surface area contributed by atoms with E-state index in [9.17, 15) is 4.79 Å². The van der Waals surface area contributed by atoms with Gasteiger partial charge in [0.15, 0.2) is 0 Å². The van der Waals surface area contributed by atoms with Gasteiger partial charge in [0.25, 0.3) is 0 Å². The quantitative estimate of drug-likeness (QED) is 0.786. The summed E-state index contributed by atoms with van der Waals surface area (Å²) in [6.07, 6.45) is 0. The second kappa shape index (κ2) is 8.30. The van der Waals surface area contributed by atoms with E-state index in [1.165, 1.54) is 0 Å². The van der Waals surface area contributed by atoms with Crippen molar-refractivity contribution in [3.05, 3.63) is 45.2 Å². The molecule has 0 saturated heterocycles. The van der Waals surface area contributed by atoms with Crippen LogP contribution in [0.25, 0.3) is 0 Å². The molecule has 0 saturated carbocycles. The standard InChI is InChI=1S/C17H23BrN4O2/c1-11-5-6-14(9-16(11)18)20-17(23)19-10-15-12(2)21-22(13(15)3)7-8-24-4/h5-6,9H,7-8,10H2,1-4H3,(H2,19,20,23). The first-order valence-electron chi connectivity index (χ1n) is 7.75. The lowest BCUT2D eigenvalue weighted by molar-refractivity contribution is 0.182. The minimum atomic E-state index is -0.241. The number of halogens is 1. The Morgan fingerprint density at radius 2 is 2.08 bits per heavy atom. The Morgan fingerprint density at radius 1 is 1.33 bits per heavy atom. The van der Waals surface area contributed by atoms with Crippen molar-refractivity contribution in [2.45, 2.75) is 33.9 Å². The van der Waals surface area contributed by atoms with Gasteiger partial charge in [-0.25, -0.2) is 4.79 Å². The van der Waals surface area contributed by atoms with E-state index in [1.807, 2.05) is 43.7 Å². The Balaban J connectivity index is 1.96. The number of benzene rings is 1. The molecule has 1 aromatic carbocycles. The summed E-state index contributed by atoms with van der Waals surface area (Å²) in [6.45, 7) is 7.69. The van der Waals surface area contributed by atoms with Gasteiger partial charge in [0.2, 0.25) is 0 Å². The number of nitrogens with zero attached hydrogens (tertiary/aromatic N) is 2. The van der Waals surface area contributed by atoms with Crippen molar-refractivity contribution in [2.24, 2.45) is 0 Å². The lowest BCUT2D eigenvalue weighted by Crippen LogP contribution is -2.28. The molecule has 0 atom stereocenters. The number of amides is 2. The largest absolute Gasteiger partial charge is 0.383 e. The van der Waals surface area contributed by atoms with Crippen molar-refractivity contribution in [2.75, 3.05) is 19.0 Å². The number of carbonyl (C=O) groups excluding carboxylic acids is 1. The van der Waals surface area contributed by atoms with Gasteiger partial charge in [-0.2, -0.15) is 5.10 Å². The molecule has 0 spiro atoms. The maximum absolute atomic E-state index is 12.1. The predicted octanol–water partition coefficient (Wildman–Crippen LogP) is 3.54. The van der Waals surface area contributed by atoms with Gasteiger partial charge in [-0.05, 0) is 38.5 Å². The number of ether oxygens (including phenoxy) is 1. The minimum Gasteiger partial charge on any atom is -0.383 e. The third-order valence-corrected chi connectivity index (χ3v) is 4.75. The third-order valence-electron chi connectivity index (χ3n) is 3.89. The zero-order valence-corrected chi connectivity index (χ0v) is 16.0. The highest BCUT2D eigenvalue weighted by atomic mass is 79.9. The van der Waals surface area contributed by atoms with Gasteiger partial charge in [0, 0.05) is 35.1 Å². The number of hydrogen-bond donors (Lipinski definition) is 2. The molecule has 130 valence electrons. The van der Waals surface area contributed by atoms with Crippen LogP contribution in [0.2, 0.25) is 0 Å². The molecule has 24 heavy (non-hydrogen) atoms. The summed E-state index contributed by atoms with van der Waals surface area (Å²) in [6, 6.07) is 5.47. The van der Waals surface area contributed by atoms with Crippen molar-refractivity contribution >= 4 is 27.6 Å². The van der Waals surface area contributed by atoms with Crippen LogP contribution >= 0.6 is 15.9 Å². The van der Waals surface area contributed by atoms with Crippen molar-refractivity contribution in [1.29, 1.82) is 0 Å². The Morgan fingerprint density at radius 3 is 2.75 bits per heavy atom. The van der Waals surface area contributed by atoms with E-state index in [4.69, 9.17) is 4.74 Å². The molecule has 0 radical (unpaired) electrons. The Bertz CT molecular complexity index is 728. The second-order valence-electron chi connectivity index (χ2n) is 5.64. The minimum absolute atomic E-state index is 0.241. The monoisotopic (exact) mass is 394 g/mol. The number of aromatic nitrogens is 2. The Hall–Kier alpha value is -1.86. The van der Waals surface area contributed by atoms with Gasteiger partial charge >= 0.3 is 6.03 Å². The van der Waals surface area contributed by atoms with Crippen LogP contribution in [-0.2, 0) is 17.8 Å². The van der Waals surface area contributed by atoms with Crippen LogP contribution in [0.1, 0.15) is 22.5 Å². The number of urea groups is 1. The zero-order valence-electron chi connectivity index (χ0n) is 14.4. The summed E-state index contributed by atoms with van der Waals surface area (Å²) in [5, 5.41) is 10.2. The number of anilines is 1. The van der Waals surface area contributed by atoms with Gasteiger partial charge in [0.1, 0.15) is 0 Å². The van der Waals surface area contributed by atoms with Crippen LogP contribution in [-0.4, -0.2) is 29.5 Å². The van der Waals surface area contributed by atoms with Gasteiger partial charge in [-0.3, -0.25) is 4.68 Å². The number of carbonyl (C=O) groups is 1. The highest BCUT2D eigenvalue weighted by Crippen LogP contribution is 2.20. The maximum Gasteiger partial charge on any atom is 0.319 e. The van der Waals surface area contributed by atoms with Crippen molar-refractivity contribution in [3.8, 4) is 0 Å². The molecule has 0 aliphatic rings. The molecule has 0 bridgehead atoms. The summed E-state index contributed by atoms with van der Waals surface area (Å²) >= 11 is 3.46. The zero-order chi connectivity index (χ0) is 17.7. The fourth-order valence-corrected chi connectivity index (χ4v) is 2.78. The van der Waals surface area contributed by atoms with E-state index in [2.05, 4.69) is 31.7 Å². The van der Waals surface area contributed by atoms with Crippen LogP contribution in [0.15, 0.2) is 22.7 Å². The summed E-state index contributed by atoms with van der Waals surface area (Å²) in [7, 11) is 1.67. The topological polar surface area (TPSA) is 68.2 Å². The van der Waals surface area contributed by atoms with Crippen LogP contribution in [0.4, 0.5) is 10.5 Å². The molecular weight excluding hydrogens is 372 g/mol. The smallest absolute Gasteiger partial charge is 0.319 e. The van der Waals surface area contributed by atoms with E-state index >= 15 is 0 Å². The second-order valence-corrected chi connectivity index (χ2v) is 6.49. The first-order chi connectivity index (χ1) is 11.4. The average molecular weight is 395 g/mol. The molecule has 0 aliphatic heterocycles. The molecule has 2 aromatic rings. The molecule has 0 unspecified atom stereocenters. The summed E-state index contributed by atoms with van der Waals surface area (Å²) < 4.78 is 7.96. The Labute approximate surface area is 150 Å². The normalized spacial score (nSPS) is 10.7. The number of methoxy groups -OCH3 is 1. The fraction of sp³-hybridized carbons (Fsp3) is 0.412. The van der Waals surface area contributed by atoms with E-state index in [-0.39, 0.29) is 6.03 Å². The number of aryl methyl sites for hydroxylation is 2. The van der Waals surface area contributed by atoms with Crippen LogP contribution < -0.4 is 10.6 Å². The molecular formula is C17H23BrN4O2.